The van der Waals surface area contributed by atoms with Gasteiger partial charge in [0, 0.05) is 28.6 Å². The first-order valence-electron chi connectivity index (χ1n) is 5.53. The fourth-order valence-corrected chi connectivity index (χ4v) is 2.18. The predicted octanol–water partition coefficient (Wildman–Crippen LogP) is 3.94. The van der Waals surface area contributed by atoms with Crippen LogP contribution < -0.4 is 3.53 Å². The molecule has 0 aliphatic heterocycles. The predicted molar refractivity (Wildman–Crippen MR) is 72.3 cm³/mol. The SMILES string of the molecule is CCC(C)CCCCC(NI)C(C)=N. The molecule has 2 nitrogen and oxygen atoms in total. The number of nitrogens with one attached hydrogen (secondary N) is 2. The molecule has 0 bridgehead atoms. The molecule has 0 aromatic rings. The molecule has 0 spiro atoms. The molecule has 0 radical (unpaired) electrons. The molecule has 84 valence electrons. The second-order valence-corrected chi connectivity index (χ2v) is 4.77. The Labute approximate surface area is 102 Å². The standard InChI is InChI=1S/C11H23IN2/c1-4-9(2)7-5-6-8-11(14-12)10(3)13/h9,11,13-14H,4-8H2,1-3H3. The van der Waals surface area contributed by atoms with E-state index in [0.29, 0.717) is 0 Å². The lowest BCUT2D eigenvalue weighted by Crippen LogP contribution is -2.27. The summed E-state index contributed by atoms with van der Waals surface area (Å²) < 4.78 is 3.15. The second-order valence-electron chi connectivity index (χ2n) is 4.14. The minimum Gasteiger partial charge on any atom is -0.308 e. The maximum Gasteiger partial charge on any atom is 0.0536 e. The lowest BCUT2D eigenvalue weighted by molar-refractivity contribution is 0.474. The highest BCUT2D eigenvalue weighted by Crippen LogP contribution is 2.13. The largest absolute Gasteiger partial charge is 0.308 e. The molecule has 0 aliphatic rings. The van der Waals surface area contributed by atoms with Gasteiger partial charge in [0.25, 0.3) is 0 Å². The molecule has 0 saturated carbocycles. The average Bonchev–Trinajstić information content (AvgIpc) is 2.16. The molecule has 0 aromatic heterocycles. The molecule has 2 atom stereocenters. The molecular weight excluding hydrogens is 287 g/mol. The molecule has 0 saturated heterocycles. The summed E-state index contributed by atoms with van der Waals surface area (Å²) in [6, 6.07) is 0.285. The first-order chi connectivity index (χ1) is 6.61. The molecule has 0 heterocycles. The summed E-state index contributed by atoms with van der Waals surface area (Å²) in [5.74, 6) is 0.863. The maximum atomic E-state index is 7.54. The van der Waals surface area contributed by atoms with Gasteiger partial charge in [-0.05, 0) is 19.3 Å². The smallest absolute Gasteiger partial charge is 0.0536 e. The fraction of sp³-hybridized carbons (Fsp3) is 0.909. The molecular formula is C11H23IN2. The Morgan fingerprint density at radius 3 is 2.36 bits per heavy atom. The van der Waals surface area contributed by atoms with Gasteiger partial charge in [-0.3, -0.25) is 3.53 Å². The third kappa shape index (κ3) is 6.76. The van der Waals surface area contributed by atoms with Crippen molar-refractivity contribution in [1.82, 2.24) is 3.53 Å². The van der Waals surface area contributed by atoms with Gasteiger partial charge >= 0.3 is 0 Å². The van der Waals surface area contributed by atoms with Gasteiger partial charge < -0.3 is 5.41 Å². The van der Waals surface area contributed by atoms with E-state index in [0.717, 1.165) is 18.1 Å². The van der Waals surface area contributed by atoms with Crippen LogP contribution in [-0.4, -0.2) is 11.8 Å². The third-order valence-corrected chi connectivity index (χ3v) is 3.54. The Morgan fingerprint density at radius 1 is 1.36 bits per heavy atom. The summed E-state index contributed by atoms with van der Waals surface area (Å²) in [7, 11) is 0. The zero-order chi connectivity index (χ0) is 11.0. The molecule has 0 rings (SSSR count). The fourth-order valence-electron chi connectivity index (χ4n) is 1.40. The van der Waals surface area contributed by atoms with Crippen molar-refractivity contribution in [1.29, 1.82) is 5.41 Å². The summed E-state index contributed by atoms with van der Waals surface area (Å²) in [5, 5.41) is 7.54. The van der Waals surface area contributed by atoms with Crippen LogP contribution >= 0.6 is 22.9 Å². The van der Waals surface area contributed by atoms with E-state index in [1.54, 1.807) is 0 Å². The second kappa shape index (κ2) is 8.65. The van der Waals surface area contributed by atoms with E-state index < -0.39 is 0 Å². The quantitative estimate of drug-likeness (QED) is 0.303. The molecule has 0 fully saturated rings. The summed E-state index contributed by atoms with van der Waals surface area (Å²) in [6.07, 6.45) is 6.27. The van der Waals surface area contributed by atoms with Gasteiger partial charge in [-0.1, -0.05) is 39.5 Å². The lowest BCUT2D eigenvalue weighted by atomic mass is 9.99. The van der Waals surface area contributed by atoms with Crippen LogP contribution in [0.4, 0.5) is 0 Å². The van der Waals surface area contributed by atoms with E-state index in [1.165, 1.54) is 25.7 Å². The Balaban J connectivity index is 3.47. The van der Waals surface area contributed by atoms with E-state index in [9.17, 15) is 0 Å². The first kappa shape index (κ1) is 14.4. The van der Waals surface area contributed by atoms with Crippen molar-refractivity contribution in [3.8, 4) is 0 Å². The number of hydrogen-bond acceptors (Lipinski definition) is 2. The van der Waals surface area contributed by atoms with Crippen LogP contribution in [0.1, 0.15) is 52.9 Å². The number of hydrogen-bond donors (Lipinski definition) is 2. The topological polar surface area (TPSA) is 35.9 Å². The highest BCUT2D eigenvalue weighted by molar-refractivity contribution is 14.1. The van der Waals surface area contributed by atoms with Gasteiger partial charge in [0.1, 0.15) is 0 Å². The van der Waals surface area contributed by atoms with Crippen molar-refractivity contribution < 1.29 is 0 Å². The van der Waals surface area contributed by atoms with E-state index >= 15 is 0 Å². The van der Waals surface area contributed by atoms with Crippen molar-refractivity contribution in [2.75, 3.05) is 0 Å². The molecule has 0 aromatic carbocycles. The van der Waals surface area contributed by atoms with Gasteiger partial charge in [-0.2, -0.15) is 0 Å². The minimum absolute atomic E-state index is 0.285. The third-order valence-electron chi connectivity index (χ3n) is 2.79. The zero-order valence-electron chi connectivity index (χ0n) is 9.57. The normalized spacial score (nSPS) is 15.1. The molecule has 2 N–H and O–H groups in total. The van der Waals surface area contributed by atoms with Crippen molar-refractivity contribution in [2.24, 2.45) is 5.92 Å². The van der Waals surface area contributed by atoms with Crippen LogP contribution in [-0.2, 0) is 0 Å². The van der Waals surface area contributed by atoms with Gasteiger partial charge in [0.2, 0.25) is 0 Å². The zero-order valence-corrected chi connectivity index (χ0v) is 11.7. The monoisotopic (exact) mass is 310 g/mol. The van der Waals surface area contributed by atoms with Crippen LogP contribution in [0.3, 0.4) is 0 Å². The van der Waals surface area contributed by atoms with Gasteiger partial charge in [0.15, 0.2) is 0 Å². The Bertz CT molecular complexity index is 159. The Kier molecular flexibility index (Phi) is 8.87. The van der Waals surface area contributed by atoms with Crippen molar-refractivity contribution in [3.05, 3.63) is 0 Å². The molecule has 3 heteroatoms. The number of rotatable bonds is 8. The Hall–Kier alpha value is 0.360. The van der Waals surface area contributed by atoms with Crippen molar-refractivity contribution >= 4 is 28.6 Å². The average molecular weight is 310 g/mol. The number of unbranched alkanes of at least 4 members (excludes halogenated alkanes) is 1. The first-order valence-corrected chi connectivity index (χ1v) is 6.60. The van der Waals surface area contributed by atoms with Gasteiger partial charge in [0.05, 0.1) is 6.04 Å². The number of halogens is 1. The van der Waals surface area contributed by atoms with Gasteiger partial charge in [-0.15, -0.1) is 0 Å². The molecule has 0 aliphatic carbocycles. The summed E-state index contributed by atoms with van der Waals surface area (Å²) in [5.41, 5.74) is 0.753. The van der Waals surface area contributed by atoms with Crippen molar-refractivity contribution in [3.63, 3.8) is 0 Å². The van der Waals surface area contributed by atoms with Crippen LogP contribution in [0.5, 0.6) is 0 Å². The van der Waals surface area contributed by atoms with Crippen molar-refractivity contribution in [2.45, 2.75) is 58.9 Å². The Morgan fingerprint density at radius 2 is 1.93 bits per heavy atom. The maximum absolute atomic E-state index is 7.54. The molecule has 14 heavy (non-hydrogen) atoms. The van der Waals surface area contributed by atoms with E-state index in [-0.39, 0.29) is 6.04 Å². The van der Waals surface area contributed by atoms with E-state index in [4.69, 9.17) is 5.41 Å². The van der Waals surface area contributed by atoms with Crippen LogP contribution in [0.2, 0.25) is 0 Å². The summed E-state index contributed by atoms with van der Waals surface area (Å²) in [4.78, 5) is 0. The lowest BCUT2D eigenvalue weighted by Gasteiger charge is -2.14. The van der Waals surface area contributed by atoms with E-state index in [1.807, 2.05) is 6.92 Å². The minimum atomic E-state index is 0.285. The molecule has 2 unspecified atom stereocenters. The van der Waals surface area contributed by atoms with Gasteiger partial charge in [-0.25, -0.2) is 0 Å². The summed E-state index contributed by atoms with van der Waals surface area (Å²) >= 11 is 2.15. The van der Waals surface area contributed by atoms with Crippen LogP contribution in [0, 0.1) is 11.3 Å². The highest BCUT2D eigenvalue weighted by Gasteiger charge is 2.08. The van der Waals surface area contributed by atoms with Crippen LogP contribution in [0.25, 0.3) is 0 Å². The summed E-state index contributed by atoms with van der Waals surface area (Å²) in [6.45, 7) is 6.45. The molecule has 0 amide bonds. The van der Waals surface area contributed by atoms with E-state index in [2.05, 4.69) is 40.2 Å². The van der Waals surface area contributed by atoms with Crippen LogP contribution in [0.15, 0.2) is 0 Å². The highest BCUT2D eigenvalue weighted by atomic mass is 127.